The minimum absolute atomic E-state index is 0.301. The van der Waals surface area contributed by atoms with Crippen LogP contribution in [0.2, 0.25) is 0 Å². The maximum Gasteiger partial charge on any atom is 0.0726 e. The van der Waals surface area contributed by atoms with E-state index in [4.69, 9.17) is 0 Å². The standard InChI is InChI=1S/C71H52N2/c1-5-52(68-58-29-16-20-34-66(58)73(65(68)6-2)49-24-11-8-12-25-49)48-38-42-55-56-43-41-51(45-64(56)70(3,4)63(55)44-48)72(50-39-36-47(37-40-50)46-22-9-7-10-23-46)67-35-21-33-62-69(67)57-28-15-19-32-61(57)71(62)59-30-17-13-26-53(59)54-27-14-18-31-60(54)71/h5-45H,2H2,1,3-4H3/b52-5-. The molecular weight excluding hydrogens is 881 g/mol. The molecular formula is C71H52N2. The first-order valence-corrected chi connectivity index (χ1v) is 25.6. The minimum atomic E-state index is -0.452. The van der Waals surface area contributed by atoms with Crippen molar-refractivity contribution in [2.24, 2.45) is 0 Å². The zero-order valence-electron chi connectivity index (χ0n) is 41.3. The molecule has 0 fully saturated rings. The second-order valence-electron chi connectivity index (χ2n) is 20.3. The molecule has 3 aliphatic carbocycles. The van der Waals surface area contributed by atoms with E-state index in [0.29, 0.717) is 0 Å². The van der Waals surface area contributed by atoms with Crippen molar-refractivity contribution in [1.82, 2.24) is 4.57 Å². The molecule has 0 bridgehead atoms. The highest BCUT2D eigenvalue weighted by Gasteiger charge is 2.52. The van der Waals surface area contributed by atoms with Gasteiger partial charge in [-0.2, -0.15) is 0 Å². The van der Waals surface area contributed by atoms with E-state index in [1.807, 2.05) is 6.08 Å². The van der Waals surface area contributed by atoms with Crippen molar-refractivity contribution in [3.63, 3.8) is 0 Å². The Morgan fingerprint density at radius 3 is 1.68 bits per heavy atom. The third kappa shape index (κ3) is 6.05. The first-order chi connectivity index (χ1) is 35.9. The van der Waals surface area contributed by atoms with Crippen molar-refractivity contribution in [3.05, 3.63) is 299 Å². The van der Waals surface area contributed by atoms with Crippen LogP contribution in [0.5, 0.6) is 0 Å². The summed E-state index contributed by atoms with van der Waals surface area (Å²) in [5, 5.41) is 1.21. The lowest BCUT2D eigenvalue weighted by Crippen LogP contribution is -2.26. The summed E-state index contributed by atoms with van der Waals surface area (Å²) in [7, 11) is 0. The van der Waals surface area contributed by atoms with E-state index in [2.05, 4.69) is 279 Å². The highest BCUT2D eigenvalue weighted by atomic mass is 15.1. The quantitative estimate of drug-likeness (QED) is 0.147. The first kappa shape index (κ1) is 42.9. The molecule has 10 aromatic carbocycles. The molecule has 0 atom stereocenters. The van der Waals surface area contributed by atoms with Gasteiger partial charge in [-0.15, -0.1) is 0 Å². The van der Waals surface area contributed by atoms with Gasteiger partial charge in [0.15, 0.2) is 0 Å². The van der Waals surface area contributed by atoms with Crippen molar-refractivity contribution in [1.29, 1.82) is 0 Å². The number of rotatable bonds is 8. The van der Waals surface area contributed by atoms with E-state index < -0.39 is 5.41 Å². The molecule has 0 radical (unpaired) electrons. The highest BCUT2D eigenvalue weighted by molar-refractivity contribution is 6.04. The van der Waals surface area contributed by atoms with Gasteiger partial charge >= 0.3 is 0 Å². The fraction of sp³-hybridized carbons (Fsp3) is 0.0704. The molecule has 346 valence electrons. The lowest BCUT2D eigenvalue weighted by atomic mass is 9.70. The van der Waals surface area contributed by atoms with Crippen LogP contribution in [-0.2, 0) is 10.8 Å². The third-order valence-corrected chi connectivity index (χ3v) is 16.4. The van der Waals surface area contributed by atoms with Gasteiger partial charge in [0.25, 0.3) is 0 Å². The van der Waals surface area contributed by atoms with E-state index in [1.54, 1.807) is 0 Å². The Bertz CT molecular complexity index is 4030. The van der Waals surface area contributed by atoms with Crippen LogP contribution in [0.25, 0.3) is 72.7 Å². The number of aromatic nitrogens is 1. The summed E-state index contributed by atoms with van der Waals surface area (Å²) in [5.41, 5.74) is 27.8. The maximum absolute atomic E-state index is 4.39. The van der Waals surface area contributed by atoms with Crippen molar-refractivity contribution in [2.45, 2.75) is 31.6 Å². The predicted molar refractivity (Wildman–Crippen MR) is 307 cm³/mol. The van der Waals surface area contributed by atoms with Gasteiger partial charge in [0.05, 0.1) is 22.3 Å². The second-order valence-corrected chi connectivity index (χ2v) is 20.3. The maximum atomic E-state index is 4.39. The largest absolute Gasteiger partial charge is 0.310 e. The Morgan fingerprint density at radius 1 is 0.466 bits per heavy atom. The van der Waals surface area contributed by atoms with E-state index in [0.717, 1.165) is 28.4 Å². The molecule has 0 amide bonds. The number of allylic oxidation sites excluding steroid dienone is 1. The molecule has 3 aliphatic rings. The van der Waals surface area contributed by atoms with Gasteiger partial charge in [-0.25, -0.2) is 0 Å². The fourth-order valence-corrected chi connectivity index (χ4v) is 13.3. The second kappa shape index (κ2) is 16.3. The molecule has 73 heavy (non-hydrogen) atoms. The van der Waals surface area contributed by atoms with Gasteiger partial charge in [0.2, 0.25) is 0 Å². The van der Waals surface area contributed by atoms with Crippen LogP contribution in [-0.4, -0.2) is 4.57 Å². The smallest absolute Gasteiger partial charge is 0.0726 e. The zero-order chi connectivity index (χ0) is 49.0. The van der Waals surface area contributed by atoms with Crippen molar-refractivity contribution in [3.8, 4) is 50.2 Å². The van der Waals surface area contributed by atoms with Crippen LogP contribution < -0.4 is 4.90 Å². The van der Waals surface area contributed by atoms with Crippen LogP contribution in [0, 0.1) is 0 Å². The third-order valence-electron chi connectivity index (χ3n) is 16.4. The summed E-state index contributed by atoms with van der Waals surface area (Å²) >= 11 is 0. The molecule has 0 N–H and O–H groups in total. The van der Waals surface area contributed by atoms with Crippen molar-refractivity contribution in [2.75, 3.05) is 4.90 Å². The summed E-state index contributed by atoms with van der Waals surface area (Å²) in [6.45, 7) is 11.4. The summed E-state index contributed by atoms with van der Waals surface area (Å²) in [5.74, 6) is 0. The number of nitrogens with zero attached hydrogens (tertiary/aromatic N) is 2. The Morgan fingerprint density at radius 2 is 1.00 bits per heavy atom. The minimum Gasteiger partial charge on any atom is -0.310 e. The summed E-state index contributed by atoms with van der Waals surface area (Å²) < 4.78 is 2.35. The number of anilines is 3. The Hall–Kier alpha value is -8.98. The van der Waals surface area contributed by atoms with Gasteiger partial charge in [-0.3, -0.25) is 0 Å². The molecule has 14 rings (SSSR count). The van der Waals surface area contributed by atoms with Crippen LogP contribution in [0.1, 0.15) is 71.0 Å². The number of fused-ring (bicyclic) bond motifs is 14. The van der Waals surface area contributed by atoms with Gasteiger partial charge in [0.1, 0.15) is 0 Å². The van der Waals surface area contributed by atoms with Gasteiger partial charge in [0, 0.05) is 39.0 Å². The molecule has 2 nitrogen and oxygen atoms in total. The topological polar surface area (TPSA) is 8.17 Å². The van der Waals surface area contributed by atoms with Crippen LogP contribution in [0.3, 0.4) is 0 Å². The van der Waals surface area contributed by atoms with E-state index in [9.17, 15) is 0 Å². The van der Waals surface area contributed by atoms with Gasteiger partial charge < -0.3 is 9.47 Å². The molecule has 0 aliphatic heterocycles. The van der Waals surface area contributed by atoms with E-state index >= 15 is 0 Å². The predicted octanol–water partition coefficient (Wildman–Crippen LogP) is 18.5. The molecule has 0 saturated heterocycles. The number of hydrogen-bond donors (Lipinski definition) is 0. The van der Waals surface area contributed by atoms with Crippen molar-refractivity contribution >= 4 is 39.6 Å². The molecule has 11 aromatic rings. The number of hydrogen-bond acceptors (Lipinski definition) is 1. The van der Waals surface area contributed by atoms with Gasteiger partial charge in [-0.05, 0) is 151 Å². The molecule has 0 unspecified atom stereocenters. The van der Waals surface area contributed by atoms with Crippen LogP contribution >= 0.6 is 0 Å². The highest BCUT2D eigenvalue weighted by Crippen LogP contribution is 2.65. The lowest BCUT2D eigenvalue weighted by molar-refractivity contribution is 0.660. The summed E-state index contributed by atoms with van der Waals surface area (Å²) in [6.07, 6.45) is 4.30. The molecule has 1 spiro atoms. The van der Waals surface area contributed by atoms with E-state index in [-0.39, 0.29) is 5.41 Å². The normalized spacial score (nSPS) is 14.0. The first-order valence-electron chi connectivity index (χ1n) is 25.6. The Labute approximate surface area is 428 Å². The molecule has 1 heterocycles. The SMILES string of the molecule is C=Cc1c(/C(=C\C)c2ccc3c(c2)C(C)(C)c2cc(N(c4ccc(-c5ccccc5)cc4)c4cccc5c4-c4ccccc4C54c5ccccc5-c5ccccc54)ccc2-3)c2ccccc2n1-c1ccccc1. The van der Waals surface area contributed by atoms with Gasteiger partial charge in [-0.1, -0.05) is 208 Å². The summed E-state index contributed by atoms with van der Waals surface area (Å²) in [4.78, 5) is 2.53. The monoisotopic (exact) mass is 932 g/mol. The Kier molecular flexibility index (Phi) is 9.56. The fourth-order valence-electron chi connectivity index (χ4n) is 13.3. The molecule has 0 saturated carbocycles. The average molecular weight is 933 g/mol. The zero-order valence-corrected chi connectivity index (χ0v) is 41.3. The lowest BCUT2D eigenvalue weighted by Gasteiger charge is -2.32. The Balaban J connectivity index is 0.936. The van der Waals surface area contributed by atoms with Crippen LogP contribution in [0.4, 0.5) is 17.1 Å². The van der Waals surface area contributed by atoms with E-state index in [1.165, 1.54) is 105 Å². The van der Waals surface area contributed by atoms with Crippen molar-refractivity contribution < 1.29 is 0 Å². The molecule has 1 aromatic heterocycles. The number of benzene rings is 10. The molecule has 2 heteroatoms. The average Bonchev–Trinajstić information content (AvgIpc) is 4.12. The summed E-state index contributed by atoms with van der Waals surface area (Å²) in [6, 6.07) is 88.0. The van der Waals surface area contributed by atoms with Crippen LogP contribution in [0.15, 0.2) is 249 Å². The number of para-hydroxylation sites is 2.